The Labute approximate surface area is 144 Å². The Hall–Kier alpha value is -1.31. The zero-order valence-electron chi connectivity index (χ0n) is 14.8. The Bertz CT molecular complexity index is 703. The molecule has 1 fully saturated rings. The van der Waals surface area contributed by atoms with Gasteiger partial charge in [-0.2, -0.15) is 0 Å². The minimum atomic E-state index is -3.86. The Morgan fingerprint density at radius 2 is 2.00 bits per heavy atom. The first-order chi connectivity index (χ1) is 10.9. The lowest BCUT2D eigenvalue weighted by atomic mass is 9.63. The van der Waals surface area contributed by atoms with E-state index in [-0.39, 0.29) is 27.6 Å². The molecular weight excluding hydrogens is 328 g/mol. The Morgan fingerprint density at radius 3 is 2.54 bits per heavy atom. The van der Waals surface area contributed by atoms with Gasteiger partial charge < -0.3 is 15.2 Å². The maximum atomic E-state index is 11.7. The van der Waals surface area contributed by atoms with Gasteiger partial charge in [-0.05, 0) is 48.3 Å². The summed E-state index contributed by atoms with van der Waals surface area (Å²) < 4.78 is 28.5. The molecule has 0 spiro atoms. The van der Waals surface area contributed by atoms with Crippen molar-refractivity contribution in [2.45, 2.75) is 51.0 Å². The molecule has 1 aliphatic rings. The van der Waals surface area contributed by atoms with E-state index in [4.69, 9.17) is 9.88 Å². The highest BCUT2D eigenvalue weighted by Crippen LogP contribution is 2.46. The van der Waals surface area contributed by atoms with Crippen molar-refractivity contribution in [3.05, 3.63) is 18.2 Å². The van der Waals surface area contributed by atoms with Crippen LogP contribution in [0.25, 0.3) is 0 Å². The number of methoxy groups -OCH3 is 1. The largest absolute Gasteiger partial charge is 0.495 e. The van der Waals surface area contributed by atoms with Crippen LogP contribution < -0.4 is 15.2 Å². The van der Waals surface area contributed by atoms with Crippen LogP contribution in [-0.4, -0.2) is 33.3 Å². The fraction of sp³-hybridized carbons (Fsp3) is 0.647. The Balaban J connectivity index is 2.17. The smallest absolute Gasteiger partial charge is 0.241 e. The van der Waals surface area contributed by atoms with E-state index in [0.717, 1.165) is 19.3 Å². The van der Waals surface area contributed by atoms with Gasteiger partial charge in [-0.25, -0.2) is 13.6 Å². The summed E-state index contributed by atoms with van der Waals surface area (Å²) in [6.07, 6.45) is 2.21. The van der Waals surface area contributed by atoms with Crippen molar-refractivity contribution in [1.82, 2.24) is 0 Å². The van der Waals surface area contributed by atoms with Gasteiger partial charge in [0.15, 0.2) is 0 Å². The predicted molar refractivity (Wildman–Crippen MR) is 94.6 cm³/mol. The Kier molecular flexibility index (Phi) is 5.18. The fourth-order valence-electron chi connectivity index (χ4n) is 4.04. The van der Waals surface area contributed by atoms with E-state index >= 15 is 0 Å². The van der Waals surface area contributed by atoms with Crippen molar-refractivity contribution < 1.29 is 18.3 Å². The molecule has 0 radical (unpaired) electrons. The van der Waals surface area contributed by atoms with Crippen molar-refractivity contribution >= 4 is 15.7 Å². The van der Waals surface area contributed by atoms with E-state index in [0.29, 0.717) is 12.2 Å². The number of aliphatic hydroxyl groups is 1. The van der Waals surface area contributed by atoms with Crippen molar-refractivity contribution in [2.24, 2.45) is 16.0 Å². The summed E-state index contributed by atoms with van der Waals surface area (Å²) in [5, 5.41) is 18.7. The van der Waals surface area contributed by atoms with E-state index in [1.807, 2.05) is 0 Å². The van der Waals surface area contributed by atoms with Gasteiger partial charge in [-0.1, -0.05) is 20.8 Å². The summed E-state index contributed by atoms with van der Waals surface area (Å²) in [6, 6.07) is 4.84. The highest BCUT2D eigenvalue weighted by molar-refractivity contribution is 7.89. The van der Waals surface area contributed by atoms with E-state index < -0.39 is 10.0 Å². The number of hydrogen-bond donors (Lipinski definition) is 3. The molecule has 1 aromatic rings. The number of sulfonamides is 1. The van der Waals surface area contributed by atoms with E-state index in [1.165, 1.54) is 13.2 Å². The first-order valence-electron chi connectivity index (χ1n) is 8.07. The highest BCUT2D eigenvalue weighted by atomic mass is 32.2. The molecule has 1 saturated carbocycles. The summed E-state index contributed by atoms with van der Waals surface area (Å²) in [5.74, 6) is 0.225. The molecule has 2 unspecified atom stereocenters. The van der Waals surface area contributed by atoms with Crippen LogP contribution in [0.3, 0.4) is 0 Å². The number of anilines is 1. The third kappa shape index (κ3) is 4.62. The van der Waals surface area contributed by atoms with Crippen LogP contribution in [0.2, 0.25) is 0 Å². The lowest BCUT2D eigenvalue weighted by molar-refractivity contribution is -0.00317. The lowest BCUT2D eigenvalue weighted by Gasteiger charge is -2.45. The highest BCUT2D eigenvalue weighted by Gasteiger charge is 2.40. The van der Waals surface area contributed by atoms with Gasteiger partial charge in [0.1, 0.15) is 10.6 Å². The van der Waals surface area contributed by atoms with E-state index in [1.54, 1.807) is 12.1 Å². The number of hydrogen-bond acceptors (Lipinski definition) is 5. The van der Waals surface area contributed by atoms with Crippen molar-refractivity contribution in [3.8, 4) is 5.75 Å². The van der Waals surface area contributed by atoms with E-state index in [2.05, 4.69) is 26.1 Å². The number of ether oxygens (including phenoxy) is 1. The van der Waals surface area contributed by atoms with Crippen LogP contribution in [0.5, 0.6) is 5.75 Å². The predicted octanol–water partition coefficient (Wildman–Crippen LogP) is 2.33. The first kappa shape index (κ1) is 19.0. The molecule has 0 aromatic heterocycles. The zero-order chi connectivity index (χ0) is 18.2. The summed E-state index contributed by atoms with van der Waals surface area (Å²) in [6.45, 7) is 7.12. The van der Waals surface area contributed by atoms with Crippen LogP contribution >= 0.6 is 0 Å². The van der Waals surface area contributed by atoms with Crippen LogP contribution in [0.15, 0.2) is 23.1 Å². The Morgan fingerprint density at radius 1 is 1.33 bits per heavy atom. The standard InChI is InChI=1S/C17H28N2O4S/c1-16(2)8-13(20)9-17(3,10-16)11-19-12-5-6-14(23-4)15(7-12)24(18,21)22/h5-7,13,19-20H,8-11H2,1-4H3,(H2,18,21,22). The number of primary sulfonamides is 1. The third-order valence-corrected chi connectivity index (χ3v) is 5.54. The zero-order valence-corrected chi connectivity index (χ0v) is 15.6. The SMILES string of the molecule is COc1ccc(NCC2(C)CC(O)CC(C)(C)C2)cc1S(N)(=O)=O. The van der Waals surface area contributed by atoms with Gasteiger partial charge in [-0.3, -0.25) is 0 Å². The molecule has 0 heterocycles. The molecule has 136 valence electrons. The number of rotatable bonds is 5. The maximum Gasteiger partial charge on any atom is 0.241 e. The van der Waals surface area contributed by atoms with Crippen LogP contribution in [0, 0.1) is 10.8 Å². The van der Waals surface area contributed by atoms with Crippen molar-refractivity contribution in [1.29, 1.82) is 0 Å². The minimum Gasteiger partial charge on any atom is -0.495 e. The summed E-state index contributed by atoms with van der Waals surface area (Å²) in [5.41, 5.74) is 0.682. The van der Waals surface area contributed by atoms with Gasteiger partial charge >= 0.3 is 0 Å². The molecule has 2 rings (SSSR count). The van der Waals surface area contributed by atoms with E-state index in [9.17, 15) is 13.5 Å². The number of benzene rings is 1. The molecule has 2 atom stereocenters. The monoisotopic (exact) mass is 356 g/mol. The van der Waals surface area contributed by atoms with Crippen LogP contribution in [0.4, 0.5) is 5.69 Å². The first-order valence-corrected chi connectivity index (χ1v) is 9.62. The molecule has 24 heavy (non-hydrogen) atoms. The quantitative estimate of drug-likeness (QED) is 0.751. The van der Waals surface area contributed by atoms with Crippen molar-refractivity contribution in [2.75, 3.05) is 19.0 Å². The summed E-state index contributed by atoms with van der Waals surface area (Å²) in [7, 11) is -2.45. The molecule has 1 aliphatic carbocycles. The minimum absolute atomic E-state index is 0.0378. The second-order valence-corrected chi connectivity index (χ2v) is 9.51. The van der Waals surface area contributed by atoms with Gasteiger partial charge in [0.25, 0.3) is 0 Å². The molecule has 6 nitrogen and oxygen atoms in total. The average Bonchev–Trinajstić information content (AvgIpc) is 2.41. The summed E-state index contributed by atoms with van der Waals surface area (Å²) >= 11 is 0. The lowest BCUT2D eigenvalue weighted by Crippen LogP contribution is -2.42. The number of nitrogens with one attached hydrogen (secondary N) is 1. The molecule has 0 aliphatic heterocycles. The second-order valence-electron chi connectivity index (χ2n) is 7.98. The number of aliphatic hydroxyl groups excluding tert-OH is 1. The molecule has 0 saturated heterocycles. The topological polar surface area (TPSA) is 102 Å². The molecule has 7 heteroatoms. The van der Waals surface area contributed by atoms with Gasteiger partial charge in [-0.15, -0.1) is 0 Å². The average molecular weight is 356 g/mol. The molecule has 0 amide bonds. The maximum absolute atomic E-state index is 11.7. The molecular formula is C17H28N2O4S. The molecule has 0 bridgehead atoms. The van der Waals surface area contributed by atoms with Crippen LogP contribution in [-0.2, 0) is 10.0 Å². The normalized spacial score (nSPS) is 26.8. The van der Waals surface area contributed by atoms with Gasteiger partial charge in [0.05, 0.1) is 13.2 Å². The van der Waals surface area contributed by atoms with Gasteiger partial charge in [0.2, 0.25) is 10.0 Å². The summed E-state index contributed by atoms with van der Waals surface area (Å²) in [4.78, 5) is -0.0378. The third-order valence-electron chi connectivity index (χ3n) is 4.61. The van der Waals surface area contributed by atoms with Crippen molar-refractivity contribution in [3.63, 3.8) is 0 Å². The van der Waals surface area contributed by atoms with Crippen LogP contribution in [0.1, 0.15) is 40.0 Å². The second kappa shape index (κ2) is 6.54. The number of nitrogens with two attached hydrogens (primary N) is 1. The molecule has 1 aromatic carbocycles. The fourth-order valence-corrected chi connectivity index (χ4v) is 4.76. The molecule has 4 N–H and O–H groups in total. The van der Waals surface area contributed by atoms with Gasteiger partial charge in [0, 0.05) is 12.2 Å².